The summed E-state index contributed by atoms with van der Waals surface area (Å²) in [4.78, 5) is 24.8. The van der Waals surface area contributed by atoms with Crippen LogP contribution in [0.5, 0.6) is 0 Å². The molecule has 0 aromatic rings. The molecule has 1 aliphatic heterocycles. The first-order valence-electron chi connectivity index (χ1n) is 20.7. The van der Waals surface area contributed by atoms with Gasteiger partial charge in [0.1, 0.15) is 24.4 Å². The van der Waals surface area contributed by atoms with Crippen LogP contribution in [0.15, 0.2) is 12.2 Å². The third-order valence-corrected chi connectivity index (χ3v) is 9.98. The van der Waals surface area contributed by atoms with E-state index < -0.39 is 48.6 Å². The molecule has 0 saturated carbocycles. The molecule has 1 amide bonds. The molecule has 50 heavy (non-hydrogen) atoms. The zero-order valence-corrected chi connectivity index (χ0v) is 32.2. The van der Waals surface area contributed by atoms with Crippen molar-refractivity contribution in [3.63, 3.8) is 0 Å². The Morgan fingerprint density at radius 1 is 0.660 bits per heavy atom. The van der Waals surface area contributed by atoms with Crippen molar-refractivity contribution in [3.8, 4) is 0 Å². The fourth-order valence-electron chi connectivity index (χ4n) is 6.62. The minimum atomic E-state index is -1.64. The van der Waals surface area contributed by atoms with Gasteiger partial charge in [-0.15, -0.1) is 0 Å². The number of allylic oxidation sites excluding steroid dienone is 1. The Labute approximate surface area is 305 Å². The summed E-state index contributed by atoms with van der Waals surface area (Å²) < 4.78 is 11.2. The zero-order chi connectivity index (χ0) is 36.8. The van der Waals surface area contributed by atoms with Crippen LogP contribution < -0.4 is 5.32 Å². The average Bonchev–Trinajstić information content (AvgIpc) is 3.10. The number of hydrogen-bond acceptors (Lipinski definition) is 8. The number of hydrogen-bond donors (Lipinski definition) is 5. The number of ketones is 1. The normalized spacial score (nSPS) is 22.2. The Bertz CT molecular complexity index is 854. The number of Topliss-reactive ketones (excluding diaryl/α,β-unsaturated/α-hetero) is 1. The molecular weight excluding hydrogens is 634 g/mol. The number of carbonyl (C=O) groups excluding carboxylic acids is 2. The fourth-order valence-corrected chi connectivity index (χ4v) is 6.62. The van der Waals surface area contributed by atoms with E-state index in [2.05, 4.69) is 19.2 Å². The lowest BCUT2D eigenvalue weighted by Crippen LogP contribution is -2.60. The number of aliphatic hydroxyl groups is 4. The van der Waals surface area contributed by atoms with Gasteiger partial charge in [-0.25, -0.2) is 0 Å². The molecule has 1 fully saturated rings. The van der Waals surface area contributed by atoms with E-state index >= 15 is 0 Å². The van der Waals surface area contributed by atoms with Crippen molar-refractivity contribution >= 4 is 11.7 Å². The van der Waals surface area contributed by atoms with Gasteiger partial charge in [0.2, 0.25) is 5.91 Å². The number of nitrogens with one attached hydrogen (secondary N) is 1. The molecule has 1 aliphatic rings. The molecule has 1 heterocycles. The molecule has 1 rings (SSSR count). The standard InChI is InChI=1S/C41H77NO8/c1-4-6-8-10-12-14-16-18-20-22-24-26-28-30-35(44)34(32-49-41-39(48)37(46)38(47)40(50-41)33(3)43)42-36(45)31-29-27-25-23-21-19-17-15-13-11-9-7-5-2/h28,30,34-35,37-41,44,46-48H,4-27,29,31-32H2,1-3H3,(H,42,45)/b30-28+/t34-,35+,37+,38+,39-,40-,41-/m0/s1. The third kappa shape index (κ3) is 22.5. The smallest absolute Gasteiger partial charge is 0.220 e. The monoisotopic (exact) mass is 712 g/mol. The Hall–Kier alpha value is -1.36. The van der Waals surface area contributed by atoms with Gasteiger partial charge in [0.25, 0.3) is 0 Å². The third-order valence-electron chi connectivity index (χ3n) is 9.98. The molecule has 0 aromatic heterocycles. The van der Waals surface area contributed by atoms with Crippen molar-refractivity contribution in [3.05, 3.63) is 12.2 Å². The van der Waals surface area contributed by atoms with Crippen LogP contribution in [0.4, 0.5) is 0 Å². The number of carbonyl (C=O) groups is 2. The SMILES string of the molecule is CCCCCCCCCCCCC/C=C/[C@@H](O)[C@H](CO[C@H]1O[C@@H](C(C)=O)[C@H](O)[C@@H](O)[C@@H]1O)NC(=O)CCCCCCCCCCCCCCC. The van der Waals surface area contributed by atoms with Gasteiger partial charge in [-0.2, -0.15) is 0 Å². The van der Waals surface area contributed by atoms with Crippen LogP contribution in [0.25, 0.3) is 0 Å². The molecular formula is C41H77NO8. The molecule has 0 unspecified atom stereocenters. The Morgan fingerprint density at radius 2 is 1.10 bits per heavy atom. The van der Waals surface area contributed by atoms with Gasteiger partial charge in [0, 0.05) is 6.42 Å². The van der Waals surface area contributed by atoms with E-state index in [0.717, 1.165) is 38.5 Å². The summed E-state index contributed by atoms with van der Waals surface area (Å²) in [6, 6.07) is -0.825. The molecule has 0 spiro atoms. The minimum absolute atomic E-state index is 0.193. The Kier molecular flexibility index (Phi) is 29.1. The first kappa shape index (κ1) is 46.7. The largest absolute Gasteiger partial charge is 0.387 e. The van der Waals surface area contributed by atoms with Crippen molar-refractivity contribution in [2.75, 3.05) is 6.61 Å². The second-order valence-corrected chi connectivity index (χ2v) is 14.8. The van der Waals surface area contributed by atoms with Crippen LogP contribution in [-0.4, -0.2) is 81.6 Å². The molecule has 1 saturated heterocycles. The number of aliphatic hydroxyl groups excluding tert-OH is 4. The Balaban J connectivity index is 2.48. The molecule has 5 N–H and O–H groups in total. The second kappa shape index (κ2) is 31.2. The maximum atomic E-state index is 12.9. The number of amides is 1. The zero-order valence-electron chi connectivity index (χ0n) is 32.2. The van der Waals surface area contributed by atoms with Crippen molar-refractivity contribution in [1.29, 1.82) is 0 Å². The predicted molar refractivity (Wildman–Crippen MR) is 202 cm³/mol. The topological polar surface area (TPSA) is 146 Å². The van der Waals surface area contributed by atoms with E-state index in [9.17, 15) is 30.0 Å². The van der Waals surface area contributed by atoms with E-state index in [4.69, 9.17) is 9.47 Å². The van der Waals surface area contributed by atoms with Crippen LogP contribution in [0.3, 0.4) is 0 Å². The van der Waals surface area contributed by atoms with Crippen LogP contribution in [-0.2, 0) is 19.1 Å². The molecule has 0 bridgehead atoms. The van der Waals surface area contributed by atoms with E-state index in [1.54, 1.807) is 6.08 Å². The number of rotatable bonds is 33. The molecule has 7 atom stereocenters. The van der Waals surface area contributed by atoms with Crippen LogP contribution in [0.2, 0.25) is 0 Å². The van der Waals surface area contributed by atoms with Crippen LogP contribution >= 0.6 is 0 Å². The van der Waals surface area contributed by atoms with Crippen molar-refractivity contribution in [2.45, 2.75) is 231 Å². The van der Waals surface area contributed by atoms with E-state index in [-0.39, 0.29) is 12.5 Å². The van der Waals surface area contributed by atoms with Crippen LogP contribution in [0.1, 0.15) is 188 Å². The van der Waals surface area contributed by atoms with E-state index in [1.807, 2.05) is 6.08 Å². The average molecular weight is 712 g/mol. The molecule has 0 aliphatic carbocycles. The summed E-state index contributed by atoms with van der Waals surface area (Å²) in [5.41, 5.74) is 0. The highest BCUT2D eigenvalue weighted by Crippen LogP contribution is 2.23. The highest BCUT2D eigenvalue weighted by atomic mass is 16.7. The van der Waals surface area contributed by atoms with Crippen molar-refractivity contribution in [2.24, 2.45) is 0 Å². The molecule has 294 valence electrons. The summed E-state index contributed by atoms with van der Waals surface area (Å²) in [5, 5.41) is 44.7. The van der Waals surface area contributed by atoms with Crippen LogP contribution in [0, 0.1) is 0 Å². The first-order chi connectivity index (χ1) is 24.2. The molecule has 9 heteroatoms. The molecule has 9 nitrogen and oxygen atoms in total. The van der Waals surface area contributed by atoms with Gasteiger partial charge in [-0.05, 0) is 26.2 Å². The van der Waals surface area contributed by atoms with Gasteiger partial charge >= 0.3 is 0 Å². The van der Waals surface area contributed by atoms with E-state index in [0.29, 0.717) is 6.42 Å². The second-order valence-electron chi connectivity index (χ2n) is 14.8. The maximum Gasteiger partial charge on any atom is 0.220 e. The van der Waals surface area contributed by atoms with Crippen molar-refractivity contribution in [1.82, 2.24) is 5.32 Å². The summed E-state index contributed by atoms with van der Waals surface area (Å²) in [7, 11) is 0. The lowest BCUT2D eigenvalue weighted by atomic mass is 9.97. The maximum absolute atomic E-state index is 12.9. The fraction of sp³-hybridized carbons (Fsp3) is 0.902. The summed E-state index contributed by atoms with van der Waals surface area (Å²) in [5.74, 6) is -0.702. The summed E-state index contributed by atoms with van der Waals surface area (Å²) in [6.45, 7) is 5.49. The van der Waals surface area contributed by atoms with Gasteiger partial charge in [-0.1, -0.05) is 167 Å². The lowest BCUT2D eigenvalue weighted by Gasteiger charge is -2.39. The Morgan fingerprint density at radius 3 is 1.56 bits per heavy atom. The quantitative estimate of drug-likeness (QED) is 0.0340. The van der Waals surface area contributed by atoms with E-state index in [1.165, 1.54) is 129 Å². The van der Waals surface area contributed by atoms with Gasteiger partial charge in [-0.3, -0.25) is 9.59 Å². The van der Waals surface area contributed by atoms with Gasteiger partial charge in [0.15, 0.2) is 12.1 Å². The van der Waals surface area contributed by atoms with Gasteiger partial charge in [0.05, 0.1) is 18.8 Å². The predicted octanol–water partition coefficient (Wildman–Crippen LogP) is 7.98. The van der Waals surface area contributed by atoms with Crippen molar-refractivity contribution < 1.29 is 39.5 Å². The van der Waals surface area contributed by atoms with Gasteiger partial charge < -0.3 is 35.2 Å². The number of unbranched alkanes of at least 4 members (excludes halogenated alkanes) is 23. The minimum Gasteiger partial charge on any atom is -0.387 e. The lowest BCUT2D eigenvalue weighted by molar-refractivity contribution is -0.291. The summed E-state index contributed by atoms with van der Waals surface area (Å²) >= 11 is 0. The highest BCUT2D eigenvalue weighted by molar-refractivity contribution is 5.81. The first-order valence-corrected chi connectivity index (χ1v) is 20.7. The summed E-state index contributed by atoms with van der Waals surface area (Å²) in [6.07, 6.45) is 26.0. The number of ether oxygens (including phenoxy) is 2. The highest BCUT2D eigenvalue weighted by Gasteiger charge is 2.46. The molecule has 0 aromatic carbocycles. The molecule has 0 radical (unpaired) electrons.